The van der Waals surface area contributed by atoms with Crippen molar-refractivity contribution in [2.75, 3.05) is 0 Å². The Bertz CT molecular complexity index is 2610. The van der Waals surface area contributed by atoms with E-state index >= 15 is 0 Å². The molecule has 7 heteroatoms. The van der Waals surface area contributed by atoms with Gasteiger partial charge < -0.3 is 0 Å². The second-order valence-corrected chi connectivity index (χ2v) is 13.8. The molecule has 0 aliphatic heterocycles. The van der Waals surface area contributed by atoms with Gasteiger partial charge in [-0.3, -0.25) is 9.67 Å². The Morgan fingerprint density at radius 1 is 0.564 bits per heavy atom. The van der Waals surface area contributed by atoms with Crippen LogP contribution in [-0.4, -0.2) is 35.0 Å². The van der Waals surface area contributed by atoms with E-state index in [9.17, 15) is 0 Å². The minimum Gasteiger partial charge on any atom is -0.260 e. The van der Waals surface area contributed by atoms with Gasteiger partial charge in [-0.05, 0) is 58.0 Å². The zero-order valence-electron chi connectivity index (χ0n) is 30.8. The van der Waals surface area contributed by atoms with Crippen molar-refractivity contribution in [3.63, 3.8) is 0 Å². The lowest BCUT2D eigenvalue weighted by Crippen LogP contribution is -2.39. The summed E-state index contributed by atoms with van der Waals surface area (Å²) in [6.07, 6.45) is 0.866. The normalized spacial score (nSPS) is 11.6. The number of benzene rings is 6. The first kappa shape index (κ1) is 33.8. The highest BCUT2D eigenvalue weighted by atomic mass is 15.6. The fourth-order valence-electron chi connectivity index (χ4n) is 7.78. The van der Waals surface area contributed by atoms with E-state index in [0.717, 1.165) is 78.9 Å². The molecule has 3 heterocycles. The third-order valence-electron chi connectivity index (χ3n) is 10.4. The van der Waals surface area contributed by atoms with E-state index in [-0.39, 0.29) is 0 Å². The predicted octanol–water partition coefficient (Wildman–Crippen LogP) is 10.2. The van der Waals surface area contributed by atoms with Gasteiger partial charge in [-0.2, -0.15) is 5.10 Å². The second kappa shape index (κ2) is 14.4. The molecule has 0 saturated carbocycles. The fraction of sp³-hybridized carbons (Fsp3) is 0.104. The maximum Gasteiger partial charge on any atom is 0.205 e. The number of fused-ring (bicyclic) bond motifs is 1. The lowest BCUT2D eigenvalue weighted by Gasteiger charge is -2.34. The van der Waals surface area contributed by atoms with Gasteiger partial charge in [0.25, 0.3) is 0 Å². The summed E-state index contributed by atoms with van der Waals surface area (Å²) < 4.78 is 2.12. The van der Waals surface area contributed by atoms with Crippen molar-refractivity contribution in [2.24, 2.45) is 0 Å². The van der Waals surface area contributed by atoms with E-state index in [0.29, 0.717) is 12.4 Å². The largest absolute Gasteiger partial charge is 0.260 e. The van der Waals surface area contributed by atoms with Crippen molar-refractivity contribution < 1.29 is 0 Å². The van der Waals surface area contributed by atoms with E-state index in [1.54, 1.807) is 4.80 Å². The summed E-state index contributed by atoms with van der Waals surface area (Å²) in [5.74, 6) is 0.555. The number of pyridine rings is 1. The average Bonchev–Trinajstić information content (AvgIpc) is 3.89. The SMILES string of the molecule is CCc1cc2c(c(C)n1)c(-c1ccccc1)nn2Cc1ccc(-c2ccccc2-c2nnn(C(c3ccccc3)(c3ccccc3)c3ccccc3)n2)cc1. The first-order valence-electron chi connectivity index (χ1n) is 18.7. The molecule has 0 N–H and O–H groups in total. The van der Waals surface area contributed by atoms with Crippen molar-refractivity contribution in [2.45, 2.75) is 32.4 Å². The Labute approximate surface area is 320 Å². The number of rotatable bonds is 10. The molecule has 0 unspecified atom stereocenters. The molecule has 55 heavy (non-hydrogen) atoms. The van der Waals surface area contributed by atoms with Gasteiger partial charge in [-0.1, -0.05) is 177 Å². The highest BCUT2D eigenvalue weighted by molar-refractivity contribution is 5.95. The van der Waals surface area contributed by atoms with Crippen LogP contribution in [0.15, 0.2) is 176 Å². The Kier molecular flexibility index (Phi) is 8.88. The van der Waals surface area contributed by atoms with E-state index in [1.807, 2.05) is 30.3 Å². The lowest BCUT2D eigenvalue weighted by atomic mass is 9.77. The minimum atomic E-state index is -0.852. The quantitative estimate of drug-likeness (QED) is 0.132. The van der Waals surface area contributed by atoms with Gasteiger partial charge in [0.1, 0.15) is 5.69 Å². The molecule has 0 bridgehead atoms. The molecule has 266 valence electrons. The monoisotopic (exact) mass is 713 g/mol. The molecule has 0 spiro atoms. The van der Waals surface area contributed by atoms with E-state index in [4.69, 9.17) is 25.5 Å². The summed E-state index contributed by atoms with van der Waals surface area (Å²) in [4.78, 5) is 6.68. The second-order valence-electron chi connectivity index (χ2n) is 13.8. The Morgan fingerprint density at radius 2 is 1.11 bits per heavy atom. The summed E-state index contributed by atoms with van der Waals surface area (Å²) in [6.45, 7) is 4.87. The summed E-state index contributed by atoms with van der Waals surface area (Å²) >= 11 is 0. The van der Waals surface area contributed by atoms with Crippen molar-refractivity contribution >= 4 is 10.9 Å². The Balaban J connectivity index is 1.09. The number of hydrogen-bond acceptors (Lipinski definition) is 5. The number of hydrogen-bond donors (Lipinski definition) is 0. The molecule has 9 rings (SSSR count). The van der Waals surface area contributed by atoms with Gasteiger partial charge in [0, 0.05) is 27.9 Å². The molecule has 0 aliphatic rings. The molecular formula is C48H39N7. The first-order valence-corrected chi connectivity index (χ1v) is 18.7. The van der Waals surface area contributed by atoms with Crippen LogP contribution in [0.1, 0.15) is 40.6 Å². The third kappa shape index (κ3) is 6.09. The van der Waals surface area contributed by atoms with Gasteiger partial charge in [-0.25, -0.2) is 0 Å². The molecule has 6 aromatic carbocycles. The molecule has 3 aromatic heterocycles. The highest BCUT2D eigenvalue weighted by Crippen LogP contribution is 2.40. The summed E-state index contributed by atoms with van der Waals surface area (Å²) in [6, 6.07) is 60.8. The van der Waals surface area contributed by atoms with Crippen molar-refractivity contribution in [3.8, 4) is 33.8 Å². The van der Waals surface area contributed by atoms with Crippen LogP contribution in [0, 0.1) is 6.92 Å². The van der Waals surface area contributed by atoms with E-state index < -0.39 is 5.54 Å². The summed E-state index contributed by atoms with van der Waals surface area (Å²) in [5.41, 5.74) is 11.7. The van der Waals surface area contributed by atoms with Crippen LogP contribution in [-0.2, 0) is 18.5 Å². The molecule has 0 radical (unpaired) electrons. The van der Waals surface area contributed by atoms with Crippen LogP contribution in [0.2, 0.25) is 0 Å². The summed E-state index contributed by atoms with van der Waals surface area (Å²) in [5, 5.41) is 21.0. The molecule has 0 fully saturated rings. The predicted molar refractivity (Wildman–Crippen MR) is 219 cm³/mol. The third-order valence-corrected chi connectivity index (χ3v) is 10.4. The van der Waals surface area contributed by atoms with Gasteiger partial charge in [0.05, 0.1) is 12.1 Å². The smallest absolute Gasteiger partial charge is 0.205 e. The average molecular weight is 714 g/mol. The number of nitrogens with zero attached hydrogens (tertiary/aromatic N) is 7. The van der Waals surface area contributed by atoms with Crippen LogP contribution in [0.4, 0.5) is 0 Å². The van der Waals surface area contributed by atoms with Gasteiger partial charge in [-0.15, -0.1) is 15.0 Å². The van der Waals surface area contributed by atoms with E-state index in [2.05, 4.69) is 164 Å². The molecule has 7 nitrogen and oxygen atoms in total. The molecule has 0 atom stereocenters. The number of tetrazole rings is 1. The zero-order chi connectivity index (χ0) is 37.2. The molecule has 0 aliphatic carbocycles. The molecular weight excluding hydrogens is 675 g/mol. The van der Waals surface area contributed by atoms with Crippen LogP contribution in [0.3, 0.4) is 0 Å². The molecule has 9 aromatic rings. The van der Waals surface area contributed by atoms with Gasteiger partial charge in [0.2, 0.25) is 5.82 Å². The van der Waals surface area contributed by atoms with Crippen LogP contribution in [0.5, 0.6) is 0 Å². The van der Waals surface area contributed by atoms with Gasteiger partial charge >= 0.3 is 0 Å². The molecule has 0 saturated heterocycles. The first-order chi connectivity index (χ1) is 27.1. The highest BCUT2D eigenvalue weighted by Gasteiger charge is 2.41. The number of aryl methyl sites for hydroxylation is 2. The lowest BCUT2D eigenvalue weighted by molar-refractivity contribution is 0.396. The number of aromatic nitrogens is 7. The maximum atomic E-state index is 5.20. The minimum absolute atomic E-state index is 0.555. The standard InChI is InChI=1S/C48H39N7/c1-3-41-32-44-45(34(2)49-41)46(37-18-8-4-9-19-37)51-54(44)33-35-28-30-36(31-29-35)42-26-16-17-27-43(42)47-50-53-55(52-47)48(38-20-10-5-11-21-38,39-22-12-6-13-23-39)40-24-14-7-15-25-40/h4-32H,3,33H2,1-2H3. The van der Waals surface area contributed by atoms with Crippen molar-refractivity contribution in [1.29, 1.82) is 0 Å². The molecule has 0 amide bonds. The van der Waals surface area contributed by atoms with Crippen LogP contribution >= 0.6 is 0 Å². The van der Waals surface area contributed by atoms with Crippen molar-refractivity contribution in [3.05, 3.63) is 210 Å². The zero-order valence-corrected chi connectivity index (χ0v) is 30.8. The maximum absolute atomic E-state index is 5.20. The Morgan fingerprint density at radius 3 is 1.69 bits per heavy atom. The fourth-order valence-corrected chi connectivity index (χ4v) is 7.78. The van der Waals surface area contributed by atoms with E-state index in [1.165, 1.54) is 0 Å². The Hall–Kier alpha value is -6.99. The summed E-state index contributed by atoms with van der Waals surface area (Å²) in [7, 11) is 0. The topological polar surface area (TPSA) is 74.3 Å². The van der Waals surface area contributed by atoms with Crippen LogP contribution < -0.4 is 0 Å². The van der Waals surface area contributed by atoms with Crippen molar-refractivity contribution in [1.82, 2.24) is 35.0 Å². The van der Waals surface area contributed by atoms with Crippen LogP contribution in [0.25, 0.3) is 44.7 Å². The van der Waals surface area contributed by atoms with Gasteiger partial charge in [0.15, 0.2) is 5.54 Å².